The van der Waals surface area contributed by atoms with Gasteiger partial charge in [-0.2, -0.15) is 9.57 Å². The summed E-state index contributed by atoms with van der Waals surface area (Å²) in [6.45, 7) is 2.19. The third-order valence-electron chi connectivity index (χ3n) is 2.42. The largest absolute Gasteiger partial charge is 0.398 e. The molecule has 2 N–H and O–H groups in total. The Labute approximate surface area is 115 Å². The number of hydrogen-bond acceptors (Lipinski definition) is 4. The second-order valence-electron chi connectivity index (χ2n) is 3.59. The third-order valence-corrected chi connectivity index (χ3v) is 4.94. The molecule has 0 aliphatic rings. The molecule has 0 radical (unpaired) electrons. The molecule has 0 spiro atoms. The molecule has 0 saturated carbocycles. The van der Waals surface area contributed by atoms with Crippen LogP contribution in [0.15, 0.2) is 27.6 Å². The van der Waals surface area contributed by atoms with E-state index in [0.717, 1.165) is 0 Å². The fourth-order valence-electron chi connectivity index (χ4n) is 1.49. The predicted molar refractivity (Wildman–Crippen MR) is 73.2 cm³/mol. The van der Waals surface area contributed by atoms with Gasteiger partial charge in [-0.05, 0) is 18.2 Å². The van der Waals surface area contributed by atoms with Crippen molar-refractivity contribution >= 4 is 31.6 Å². The van der Waals surface area contributed by atoms with Gasteiger partial charge in [-0.15, -0.1) is 0 Å². The summed E-state index contributed by atoms with van der Waals surface area (Å²) in [5.41, 5.74) is 5.91. The van der Waals surface area contributed by atoms with Crippen molar-refractivity contribution in [1.82, 2.24) is 4.31 Å². The van der Waals surface area contributed by atoms with Gasteiger partial charge in [0.1, 0.15) is 4.90 Å². The minimum atomic E-state index is -3.65. The third kappa shape index (κ3) is 3.22. The first-order chi connectivity index (χ1) is 8.43. The molecule has 1 aromatic carbocycles. The number of nitriles is 1. The summed E-state index contributed by atoms with van der Waals surface area (Å²) in [5.74, 6) is 0. The van der Waals surface area contributed by atoms with E-state index in [0.29, 0.717) is 11.0 Å². The van der Waals surface area contributed by atoms with Gasteiger partial charge in [0.25, 0.3) is 0 Å². The molecular weight excluding hydrogens is 318 g/mol. The molecule has 0 unspecified atom stereocenters. The van der Waals surface area contributed by atoms with Gasteiger partial charge in [-0.1, -0.05) is 22.9 Å². The highest BCUT2D eigenvalue weighted by Crippen LogP contribution is 2.26. The molecule has 7 heteroatoms. The molecule has 5 nitrogen and oxygen atoms in total. The summed E-state index contributed by atoms with van der Waals surface area (Å²) in [5, 5.41) is 8.54. The van der Waals surface area contributed by atoms with Gasteiger partial charge in [0.2, 0.25) is 10.0 Å². The molecule has 1 rings (SSSR count). The summed E-state index contributed by atoms with van der Waals surface area (Å²) < 4.78 is 26.6. The molecule has 0 bridgehead atoms. The van der Waals surface area contributed by atoms with Crippen molar-refractivity contribution in [3.63, 3.8) is 0 Å². The smallest absolute Gasteiger partial charge is 0.245 e. The second-order valence-corrected chi connectivity index (χ2v) is 6.41. The molecule has 0 fully saturated rings. The minimum absolute atomic E-state index is 0.0664. The lowest BCUT2D eigenvalue weighted by Crippen LogP contribution is -2.32. The first-order valence-corrected chi connectivity index (χ1v) is 7.59. The highest BCUT2D eigenvalue weighted by atomic mass is 79.9. The summed E-state index contributed by atoms with van der Waals surface area (Å²) in [6, 6.07) is 6.62. The molecule has 0 heterocycles. The van der Waals surface area contributed by atoms with E-state index in [2.05, 4.69) is 15.9 Å². The molecule has 18 heavy (non-hydrogen) atoms. The molecule has 0 aliphatic carbocycles. The topological polar surface area (TPSA) is 87.2 Å². The van der Waals surface area contributed by atoms with Crippen LogP contribution in [0.25, 0.3) is 0 Å². The number of anilines is 1. The summed E-state index contributed by atoms with van der Waals surface area (Å²) in [4.78, 5) is 0.0664. The first kappa shape index (κ1) is 15.0. The highest BCUT2D eigenvalue weighted by molar-refractivity contribution is 9.10. The number of sulfonamides is 1. The van der Waals surface area contributed by atoms with Crippen LogP contribution in [0.5, 0.6) is 0 Å². The van der Waals surface area contributed by atoms with Crippen LogP contribution in [0.3, 0.4) is 0 Å². The van der Waals surface area contributed by atoms with E-state index in [1.807, 2.05) is 6.07 Å². The Bertz CT molecular complexity index is 566. The van der Waals surface area contributed by atoms with E-state index in [4.69, 9.17) is 11.0 Å². The monoisotopic (exact) mass is 331 g/mol. The molecule has 0 atom stereocenters. The lowest BCUT2D eigenvalue weighted by molar-refractivity contribution is 0.435. The summed E-state index contributed by atoms with van der Waals surface area (Å²) in [7, 11) is -3.65. The van der Waals surface area contributed by atoms with Crippen LogP contribution in [-0.4, -0.2) is 25.8 Å². The number of hydrogen-bond donors (Lipinski definition) is 1. The van der Waals surface area contributed by atoms with Crippen molar-refractivity contribution in [3.05, 3.63) is 22.7 Å². The Morgan fingerprint density at radius 3 is 2.72 bits per heavy atom. The van der Waals surface area contributed by atoms with Gasteiger partial charge in [-0.3, -0.25) is 0 Å². The van der Waals surface area contributed by atoms with Crippen LogP contribution in [0.2, 0.25) is 0 Å². The fraction of sp³-hybridized carbons (Fsp3) is 0.364. The Morgan fingerprint density at radius 1 is 1.50 bits per heavy atom. The van der Waals surface area contributed by atoms with Gasteiger partial charge < -0.3 is 5.73 Å². The minimum Gasteiger partial charge on any atom is -0.398 e. The van der Waals surface area contributed by atoms with E-state index >= 15 is 0 Å². The molecule has 0 saturated heterocycles. The highest BCUT2D eigenvalue weighted by Gasteiger charge is 2.25. The Balaban J connectivity index is 3.19. The summed E-state index contributed by atoms with van der Waals surface area (Å²) >= 11 is 3.22. The van der Waals surface area contributed by atoms with E-state index in [-0.39, 0.29) is 23.5 Å². The van der Waals surface area contributed by atoms with E-state index in [9.17, 15) is 8.42 Å². The molecule has 98 valence electrons. The first-order valence-electron chi connectivity index (χ1n) is 5.35. The van der Waals surface area contributed by atoms with E-state index < -0.39 is 10.0 Å². The van der Waals surface area contributed by atoms with Gasteiger partial charge in [-0.25, -0.2) is 8.42 Å². The summed E-state index contributed by atoms with van der Waals surface area (Å²) in [6.07, 6.45) is 0.154. The number of nitrogens with two attached hydrogens (primary N) is 1. The lowest BCUT2D eigenvalue weighted by atomic mass is 10.3. The second kappa shape index (κ2) is 6.18. The van der Waals surface area contributed by atoms with Crippen molar-refractivity contribution < 1.29 is 8.42 Å². The zero-order valence-electron chi connectivity index (χ0n) is 9.93. The van der Waals surface area contributed by atoms with E-state index in [1.165, 1.54) is 16.4 Å². The lowest BCUT2D eigenvalue weighted by Gasteiger charge is -2.20. The fourth-order valence-corrected chi connectivity index (χ4v) is 3.60. The number of nitrogens with zero attached hydrogens (tertiary/aromatic N) is 2. The van der Waals surface area contributed by atoms with Crippen LogP contribution in [0.4, 0.5) is 5.69 Å². The van der Waals surface area contributed by atoms with Crippen LogP contribution in [-0.2, 0) is 10.0 Å². The average molecular weight is 332 g/mol. The van der Waals surface area contributed by atoms with Crippen LogP contribution in [0, 0.1) is 11.3 Å². The van der Waals surface area contributed by atoms with E-state index in [1.54, 1.807) is 13.0 Å². The number of benzene rings is 1. The van der Waals surface area contributed by atoms with Crippen LogP contribution < -0.4 is 5.73 Å². The zero-order valence-corrected chi connectivity index (χ0v) is 12.3. The Hall–Kier alpha value is -1.10. The van der Waals surface area contributed by atoms with Gasteiger partial charge in [0, 0.05) is 24.0 Å². The molecule has 0 amide bonds. The predicted octanol–water partition coefficient (Wildman–Crippen LogP) is 1.96. The zero-order chi connectivity index (χ0) is 13.8. The van der Waals surface area contributed by atoms with Crippen molar-refractivity contribution in [3.8, 4) is 6.07 Å². The van der Waals surface area contributed by atoms with Gasteiger partial charge in [0.15, 0.2) is 0 Å². The number of rotatable bonds is 5. The van der Waals surface area contributed by atoms with Crippen molar-refractivity contribution in [2.24, 2.45) is 0 Å². The SMILES string of the molecule is CCN(CCC#N)S(=O)(=O)c1cc(Br)ccc1N. The van der Waals surface area contributed by atoms with Crippen molar-refractivity contribution in [2.45, 2.75) is 18.2 Å². The maximum absolute atomic E-state index is 12.4. The standard InChI is InChI=1S/C11H14BrN3O2S/c1-2-15(7-3-6-13)18(16,17)11-8-9(12)4-5-10(11)14/h4-5,8H,2-3,7,14H2,1H3. The maximum Gasteiger partial charge on any atom is 0.245 e. The van der Waals surface area contributed by atoms with Crippen LogP contribution in [0.1, 0.15) is 13.3 Å². The molecule has 0 aromatic heterocycles. The Morgan fingerprint density at radius 2 is 2.17 bits per heavy atom. The Kier molecular flexibility index (Phi) is 5.14. The van der Waals surface area contributed by atoms with Crippen molar-refractivity contribution in [2.75, 3.05) is 18.8 Å². The number of halogens is 1. The van der Waals surface area contributed by atoms with Crippen molar-refractivity contribution in [1.29, 1.82) is 5.26 Å². The van der Waals surface area contributed by atoms with Gasteiger partial charge >= 0.3 is 0 Å². The normalized spacial score (nSPS) is 11.4. The quantitative estimate of drug-likeness (QED) is 0.835. The number of nitrogen functional groups attached to an aromatic ring is 1. The average Bonchev–Trinajstić information content (AvgIpc) is 2.33. The maximum atomic E-state index is 12.4. The molecule has 1 aromatic rings. The van der Waals surface area contributed by atoms with Gasteiger partial charge in [0.05, 0.1) is 11.8 Å². The van der Waals surface area contributed by atoms with Crippen LogP contribution >= 0.6 is 15.9 Å². The molecular formula is C11H14BrN3O2S. The molecule has 0 aliphatic heterocycles.